The van der Waals surface area contributed by atoms with Crippen LogP contribution in [0.3, 0.4) is 0 Å². The number of H-pyrrole nitrogens is 1. The van der Waals surface area contributed by atoms with E-state index in [0.29, 0.717) is 5.95 Å². The van der Waals surface area contributed by atoms with Crippen LogP contribution in [0.25, 0.3) is 0 Å². The summed E-state index contributed by atoms with van der Waals surface area (Å²) in [6.07, 6.45) is 2.10. The minimum Gasteiger partial charge on any atom is -0.325 e. The maximum atomic E-state index is 4.40. The van der Waals surface area contributed by atoms with Crippen molar-refractivity contribution in [3.63, 3.8) is 0 Å². The second kappa shape index (κ2) is 6.43. The SMILES string of the molecule is CC=C(C)CSc1n[nH]c(Nc2cccc(C)c2)n1. The molecular weight excluding hydrogens is 256 g/mol. The lowest BCUT2D eigenvalue weighted by molar-refractivity contribution is 0.974. The average molecular weight is 274 g/mol. The Hall–Kier alpha value is -1.75. The second-order valence-electron chi connectivity index (χ2n) is 4.38. The summed E-state index contributed by atoms with van der Waals surface area (Å²) >= 11 is 1.63. The highest BCUT2D eigenvalue weighted by Crippen LogP contribution is 2.19. The zero-order chi connectivity index (χ0) is 13.7. The normalized spacial score (nSPS) is 11.6. The van der Waals surface area contributed by atoms with Crippen molar-refractivity contribution >= 4 is 23.4 Å². The summed E-state index contributed by atoms with van der Waals surface area (Å²) in [5.41, 5.74) is 3.54. The van der Waals surface area contributed by atoms with Crippen molar-refractivity contribution in [2.24, 2.45) is 0 Å². The number of anilines is 2. The van der Waals surface area contributed by atoms with E-state index in [4.69, 9.17) is 0 Å². The van der Waals surface area contributed by atoms with Gasteiger partial charge in [-0.1, -0.05) is 35.5 Å². The van der Waals surface area contributed by atoms with E-state index in [2.05, 4.69) is 52.6 Å². The number of nitrogens with one attached hydrogen (secondary N) is 2. The highest BCUT2D eigenvalue weighted by Gasteiger charge is 2.04. The third-order valence-corrected chi connectivity index (χ3v) is 3.71. The van der Waals surface area contributed by atoms with Crippen molar-refractivity contribution in [1.29, 1.82) is 0 Å². The van der Waals surface area contributed by atoms with E-state index >= 15 is 0 Å². The van der Waals surface area contributed by atoms with Gasteiger partial charge in [-0.15, -0.1) is 5.10 Å². The van der Waals surface area contributed by atoms with Crippen LogP contribution in [0.15, 0.2) is 41.1 Å². The molecule has 0 aliphatic heterocycles. The lowest BCUT2D eigenvalue weighted by Crippen LogP contribution is -1.92. The molecule has 19 heavy (non-hydrogen) atoms. The molecule has 100 valence electrons. The predicted octanol–water partition coefficient (Wildman–Crippen LogP) is 3.92. The molecule has 0 bridgehead atoms. The number of hydrogen-bond donors (Lipinski definition) is 2. The Bertz CT molecular complexity index is 574. The van der Waals surface area contributed by atoms with E-state index in [1.54, 1.807) is 11.8 Å². The molecule has 1 aromatic carbocycles. The van der Waals surface area contributed by atoms with Gasteiger partial charge in [0.15, 0.2) is 0 Å². The Labute approximate surface area is 117 Å². The largest absolute Gasteiger partial charge is 0.325 e. The first-order valence-electron chi connectivity index (χ1n) is 6.18. The summed E-state index contributed by atoms with van der Waals surface area (Å²) in [5.74, 6) is 1.59. The Morgan fingerprint density at radius 2 is 2.32 bits per heavy atom. The van der Waals surface area contributed by atoms with Crippen LogP contribution in [-0.2, 0) is 0 Å². The van der Waals surface area contributed by atoms with Gasteiger partial charge in [0.2, 0.25) is 11.1 Å². The number of nitrogens with zero attached hydrogens (tertiary/aromatic N) is 2. The summed E-state index contributed by atoms with van der Waals surface area (Å²) < 4.78 is 0. The molecule has 2 rings (SSSR count). The first-order valence-corrected chi connectivity index (χ1v) is 7.16. The molecule has 0 aliphatic carbocycles. The quantitative estimate of drug-likeness (QED) is 0.641. The fraction of sp³-hybridized carbons (Fsp3) is 0.286. The highest BCUT2D eigenvalue weighted by molar-refractivity contribution is 7.99. The molecule has 0 fully saturated rings. The fourth-order valence-corrected chi connectivity index (χ4v) is 2.28. The first kappa shape index (κ1) is 13.7. The first-order chi connectivity index (χ1) is 9.17. The molecule has 0 aliphatic rings. The second-order valence-corrected chi connectivity index (χ2v) is 5.33. The highest BCUT2D eigenvalue weighted by atomic mass is 32.2. The smallest absolute Gasteiger partial charge is 0.223 e. The third-order valence-electron chi connectivity index (χ3n) is 2.67. The molecule has 5 heteroatoms. The zero-order valence-corrected chi connectivity index (χ0v) is 12.2. The summed E-state index contributed by atoms with van der Waals surface area (Å²) in [4.78, 5) is 4.40. The number of aromatic nitrogens is 3. The van der Waals surface area contributed by atoms with Gasteiger partial charge >= 0.3 is 0 Å². The van der Waals surface area contributed by atoms with E-state index in [-0.39, 0.29) is 0 Å². The molecule has 0 radical (unpaired) electrons. The molecule has 0 saturated heterocycles. The summed E-state index contributed by atoms with van der Waals surface area (Å²) in [6, 6.07) is 8.15. The van der Waals surface area contributed by atoms with E-state index < -0.39 is 0 Å². The van der Waals surface area contributed by atoms with E-state index in [0.717, 1.165) is 16.6 Å². The molecule has 0 spiro atoms. The number of allylic oxidation sites excluding steroid dienone is 1. The van der Waals surface area contributed by atoms with Crippen LogP contribution in [0.4, 0.5) is 11.6 Å². The van der Waals surface area contributed by atoms with Gasteiger partial charge in [0.1, 0.15) is 0 Å². The van der Waals surface area contributed by atoms with Crippen LogP contribution in [0.1, 0.15) is 19.4 Å². The lowest BCUT2D eigenvalue weighted by Gasteiger charge is -2.02. The molecule has 4 nitrogen and oxygen atoms in total. The van der Waals surface area contributed by atoms with Crippen LogP contribution in [-0.4, -0.2) is 20.9 Å². The average Bonchev–Trinajstić information content (AvgIpc) is 2.83. The molecule has 0 atom stereocenters. The van der Waals surface area contributed by atoms with Crippen LogP contribution in [0.2, 0.25) is 0 Å². The molecule has 0 amide bonds. The number of thioether (sulfide) groups is 1. The van der Waals surface area contributed by atoms with Crippen LogP contribution in [0.5, 0.6) is 0 Å². The van der Waals surface area contributed by atoms with E-state index in [9.17, 15) is 0 Å². The van der Waals surface area contributed by atoms with Gasteiger partial charge in [-0.05, 0) is 38.5 Å². The third kappa shape index (κ3) is 4.13. The van der Waals surface area contributed by atoms with Crippen molar-refractivity contribution in [3.8, 4) is 0 Å². The van der Waals surface area contributed by atoms with Gasteiger partial charge in [-0.25, -0.2) is 5.10 Å². The van der Waals surface area contributed by atoms with Gasteiger partial charge in [-0.2, -0.15) is 4.98 Å². The minimum atomic E-state index is 0.672. The Morgan fingerprint density at radius 1 is 1.47 bits per heavy atom. The molecule has 0 saturated carbocycles. The monoisotopic (exact) mass is 274 g/mol. The van der Waals surface area contributed by atoms with Crippen LogP contribution >= 0.6 is 11.8 Å². The number of rotatable bonds is 5. The van der Waals surface area contributed by atoms with E-state index in [1.165, 1.54) is 11.1 Å². The summed E-state index contributed by atoms with van der Waals surface area (Å²) in [7, 11) is 0. The topological polar surface area (TPSA) is 53.6 Å². The fourth-order valence-electron chi connectivity index (χ4n) is 1.49. The molecule has 0 unspecified atom stereocenters. The lowest BCUT2D eigenvalue weighted by atomic mass is 10.2. The van der Waals surface area contributed by atoms with Gasteiger partial charge in [0.25, 0.3) is 0 Å². The van der Waals surface area contributed by atoms with Crippen molar-refractivity contribution in [2.75, 3.05) is 11.1 Å². The zero-order valence-electron chi connectivity index (χ0n) is 11.4. The van der Waals surface area contributed by atoms with Crippen LogP contribution < -0.4 is 5.32 Å². The number of aromatic amines is 1. The maximum Gasteiger partial charge on any atom is 0.223 e. The predicted molar refractivity (Wildman–Crippen MR) is 81.0 cm³/mol. The summed E-state index contributed by atoms with van der Waals surface area (Å²) in [6.45, 7) is 6.21. The molecule has 2 N–H and O–H groups in total. The van der Waals surface area contributed by atoms with Crippen molar-refractivity contribution in [1.82, 2.24) is 15.2 Å². The van der Waals surface area contributed by atoms with E-state index in [1.807, 2.05) is 19.1 Å². The maximum absolute atomic E-state index is 4.40. The number of aryl methyl sites for hydroxylation is 1. The van der Waals surface area contributed by atoms with Crippen molar-refractivity contribution < 1.29 is 0 Å². The molecule has 2 aromatic rings. The Kier molecular flexibility index (Phi) is 4.63. The van der Waals surface area contributed by atoms with Crippen molar-refractivity contribution in [2.45, 2.75) is 25.9 Å². The standard InChI is InChI=1S/C14H18N4S/c1-4-10(2)9-19-14-16-13(17-18-14)15-12-7-5-6-11(3)8-12/h4-8H,9H2,1-3H3,(H2,15,16,17,18). The number of benzene rings is 1. The van der Waals surface area contributed by atoms with Gasteiger partial charge in [0, 0.05) is 11.4 Å². The van der Waals surface area contributed by atoms with Crippen molar-refractivity contribution in [3.05, 3.63) is 41.5 Å². The van der Waals surface area contributed by atoms with Gasteiger partial charge < -0.3 is 5.32 Å². The minimum absolute atomic E-state index is 0.672. The van der Waals surface area contributed by atoms with Gasteiger partial charge in [-0.3, -0.25) is 0 Å². The summed E-state index contributed by atoms with van der Waals surface area (Å²) in [5, 5.41) is 11.1. The number of hydrogen-bond acceptors (Lipinski definition) is 4. The van der Waals surface area contributed by atoms with Crippen LogP contribution in [0, 0.1) is 6.92 Å². The Morgan fingerprint density at radius 3 is 3.05 bits per heavy atom. The molecule has 1 aromatic heterocycles. The molecule has 1 heterocycles. The molecular formula is C14H18N4S. The Balaban J connectivity index is 1.97. The van der Waals surface area contributed by atoms with Gasteiger partial charge in [0.05, 0.1) is 0 Å².